The molecule has 3 aromatic carbocycles. The van der Waals surface area contributed by atoms with Gasteiger partial charge in [-0.3, -0.25) is 15.0 Å². The third-order valence-electron chi connectivity index (χ3n) is 4.56. The van der Waals surface area contributed by atoms with Gasteiger partial charge in [0.05, 0.1) is 6.42 Å². The number of hydrogen-bond donors (Lipinski definition) is 5. The van der Waals surface area contributed by atoms with Gasteiger partial charge < -0.3 is 26.0 Å². The zero-order valence-corrected chi connectivity index (χ0v) is 17.8. The summed E-state index contributed by atoms with van der Waals surface area (Å²) in [4.78, 5) is 24.2. The number of carbonyl (C=O) groups is 2. The molecule has 0 fully saturated rings. The minimum atomic E-state index is -1.59. The average molecular weight is 451 g/mol. The van der Waals surface area contributed by atoms with Crippen LogP contribution in [0.1, 0.15) is 27.6 Å². The smallest absolute Gasteiger partial charge is 0.308 e. The first-order chi connectivity index (χ1) is 15.3. The van der Waals surface area contributed by atoms with Crippen LogP contribution in [-0.2, 0) is 16.0 Å². The van der Waals surface area contributed by atoms with Gasteiger partial charge in [-0.05, 0) is 59.7 Å². The van der Waals surface area contributed by atoms with Crippen LogP contribution in [0.2, 0.25) is 0 Å². The van der Waals surface area contributed by atoms with Crippen LogP contribution in [0.5, 0.6) is 0 Å². The van der Waals surface area contributed by atoms with E-state index in [0.717, 1.165) is 0 Å². The van der Waals surface area contributed by atoms with Crippen molar-refractivity contribution in [2.75, 3.05) is 10.6 Å². The quantitative estimate of drug-likeness (QED) is 0.201. The summed E-state index contributed by atoms with van der Waals surface area (Å²) < 4.78 is 13.1. The summed E-state index contributed by atoms with van der Waals surface area (Å²) >= 11 is -1.59. The predicted octanol–water partition coefficient (Wildman–Crippen LogP) is 3.57. The van der Waals surface area contributed by atoms with Gasteiger partial charge in [0.25, 0.3) is 5.91 Å². The van der Waals surface area contributed by atoms with Gasteiger partial charge in [-0.25, -0.2) is 0 Å². The molecule has 9 heteroatoms. The van der Waals surface area contributed by atoms with Crippen LogP contribution in [-0.4, -0.2) is 27.5 Å². The first-order valence-electron chi connectivity index (χ1n) is 9.63. The van der Waals surface area contributed by atoms with Crippen LogP contribution in [0.25, 0.3) is 0 Å². The molecule has 0 bridgehead atoms. The van der Waals surface area contributed by atoms with Crippen LogP contribution < -0.4 is 16.4 Å². The largest absolute Gasteiger partial charge is 0.611 e. The van der Waals surface area contributed by atoms with E-state index in [4.69, 9.17) is 11.1 Å². The molecule has 0 saturated carbocycles. The number of nitrogens with two attached hydrogens (primary N) is 1. The SMILES string of the molecule is N=C(N)Nc1ccc(C(=O)Nc2ccc([S+]([O-])C(CC(=O)O)c3ccccc3)cc2)cc1. The van der Waals surface area contributed by atoms with E-state index < -0.39 is 22.4 Å². The number of carboxylic acid groups (broad SMARTS) is 1. The van der Waals surface area contributed by atoms with Gasteiger partial charge in [0.15, 0.2) is 16.1 Å². The van der Waals surface area contributed by atoms with Crippen LogP contribution >= 0.6 is 0 Å². The van der Waals surface area contributed by atoms with E-state index >= 15 is 0 Å². The molecule has 164 valence electrons. The van der Waals surface area contributed by atoms with Crippen molar-refractivity contribution in [3.8, 4) is 0 Å². The summed E-state index contributed by atoms with van der Waals surface area (Å²) in [5.41, 5.74) is 7.48. The van der Waals surface area contributed by atoms with E-state index in [2.05, 4.69) is 10.6 Å². The molecule has 0 aromatic heterocycles. The van der Waals surface area contributed by atoms with E-state index in [1.165, 1.54) is 0 Å². The lowest BCUT2D eigenvalue weighted by molar-refractivity contribution is -0.137. The zero-order chi connectivity index (χ0) is 23.1. The Hall–Kier alpha value is -3.82. The minimum Gasteiger partial charge on any atom is -0.611 e. The predicted molar refractivity (Wildman–Crippen MR) is 124 cm³/mol. The summed E-state index contributed by atoms with van der Waals surface area (Å²) in [6.45, 7) is 0. The van der Waals surface area contributed by atoms with E-state index in [9.17, 15) is 19.2 Å². The Morgan fingerprint density at radius 1 is 0.938 bits per heavy atom. The lowest BCUT2D eigenvalue weighted by Crippen LogP contribution is -2.20. The van der Waals surface area contributed by atoms with Gasteiger partial charge in [-0.15, -0.1) is 0 Å². The fourth-order valence-corrected chi connectivity index (χ4v) is 4.47. The van der Waals surface area contributed by atoms with Crippen molar-refractivity contribution >= 4 is 40.4 Å². The molecule has 0 radical (unpaired) electrons. The standard InChI is InChI=1S/C23H22N4O4S/c24-23(25)27-18-8-6-16(7-9-18)22(30)26-17-10-12-19(13-11-17)32(31)20(14-21(28)29)15-4-2-1-3-5-15/h1-13,20H,14H2,(H,26,30)(H,28,29)(H4,24,25,27). The van der Waals surface area contributed by atoms with Gasteiger partial charge >= 0.3 is 5.97 Å². The second-order valence-corrected chi connectivity index (χ2v) is 8.52. The van der Waals surface area contributed by atoms with Crippen LogP contribution in [0.3, 0.4) is 0 Å². The number of rotatable bonds is 8. The van der Waals surface area contributed by atoms with E-state index in [1.807, 2.05) is 6.07 Å². The summed E-state index contributed by atoms with van der Waals surface area (Å²) in [5.74, 6) is -1.56. The van der Waals surface area contributed by atoms with Crippen LogP contribution in [0.4, 0.5) is 11.4 Å². The summed E-state index contributed by atoms with van der Waals surface area (Å²) in [5, 5.41) is 21.2. The lowest BCUT2D eigenvalue weighted by atomic mass is 10.1. The van der Waals surface area contributed by atoms with Crippen molar-refractivity contribution in [1.82, 2.24) is 0 Å². The van der Waals surface area contributed by atoms with Gasteiger partial charge in [0, 0.05) is 22.5 Å². The van der Waals surface area contributed by atoms with Gasteiger partial charge in [-0.1, -0.05) is 30.3 Å². The molecule has 0 saturated heterocycles. The lowest BCUT2D eigenvalue weighted by Gasteiger charge is -2.20. The number of anilines is 2. The third kappa shape index (κ3) is 6.10. The topological polar surface area (TPSA) is 151 Å². The highest BCUT2D eigenvalue weighted by Gasteiger charge is 2.29. The number of amides is 1. The van der Waals surface area contributed by atoms with Crippen molar-refractivity contribution in [3.63, 3.8) is 0 Å². The Morgan fingerprint density at radius 3 is 2.06 bits per heavy atom. The molecule has 8 nitrogen and oxygen atoms in total. The van der Waals surface area contributed by atoms with Gasteiger partial charge in [0.1, 0.15) is 0 Å². The van der Waals surface area contributed by atoms with E-state index in [1.54, 1.807) is 72.8 Å². The second kappa shape index (κ2) is 10.5. The number of benzene rings is 3. The molecule has 32 heavy (non-hydrogen) atoms. The van der Waals surface area contributed by atoms with Crippen molar-refractivity contribution < 1.29 is 19.2 Å². The molecule has 0 aliphatic heterocycles. The summed E-state index contributed by atoms with van der Waals surface area (Å²) in [6, 6.07) is 21.8. The summed E-state index contributed by atoms with van der Waals surface area (Å²) in [7, 11) is 0. The number of hydrogen-bond acceptors (Lipinski definition) is 4. The first kappa shape index (κ1) is 22.9. The minimum absolute atomic E-state index is 0.197. The van der Waals surface area contributed by atoms with Crippen molar-refractivity contribution in [2.24, 2.45) is 5.73 Å². The molecule has 2 unspecified atom stereocenters. The summed E-state index contributed by atoms with van der Waals surface area (Å²) in [6.07, 6.45) is -0.260. The molecule has 0 heterocycles. The molecular formula is C23H22N4O4S. The van der Waals surface area contributed by atoms with E-state index in [-0.39, 0.29) is 18.3 Å². The Morgan fingerprint density at radius 2 is 1.50 bits per heavy atom. The average Bonchev–Trinajstić information content (AvgIpc) is 2.78. The highest BCUT2D eigenvalue weighted by molar-refractivity contribution is 7.91. The number of aliphatic carboxylic acids is 1. The number of nitrogens with one attached hydrogen (secondary N) is 3. The van der Waals surface area contributed by atoms with Crippen LogP contribution in [0, 0.1) is 5.41 Å². The molecule has 0 spiro atoms. The third-order valence-corrected chi connectivity index (χ3v) is 6.25. The van der Waals surface area contributed by atoms with Gasteiger partial charge in [-0.2, -0.15) is 0 Å². The molecule has 1 amide bonds. The fourth-order valence-electron chi connectivity index (χ4n) is 3.04. The molecule has 3 rings (SSSR count). The monoisotopic (exact) mass is 450 g/mol. The highest BCUT2D eigenvalue weighted by Crippen LogP contribution is 2.32. The number of carboxylic acids is 1. The molecule has 0 aliphatic rings. The maximum atomic E-state index is 13.1. The van der Waals surface area contributed by atoms with Gasteiger partial charge in [0.2, 0.25) is 0 Å². The second-order valence-electron chi connectivity index (χ2n) is 6.89. The molecule has 3 aromatic rings. The normalized spacial score (nSPS) is 12.4. The maximum absolute atomic E-state index is 13.1. The Kier molecular flexibility index (Phi) is 7.48. The van der Waals surface area contributed by atoms with Crippen molar-refractivity contribution in [1.29, 1.82) is 5.41 Å². The molecular weight excluding hydrogens is 428 g/mol. The Balaban J connectivity index is 1.70. The number of guanidine groups is 1. The van der Waals surface area contributed by atoms with Crippen LogP contribution in [0.15, 0.2) is 83.8 Å². The Labute approximate surface area is 188 Å². The first-order valence-corrected chi connectivity index (χ1v) is 10.8. The highest BCUT2D eigenvalue weighted by atomic mass is 32.2. The zero-order valence-electron chi connectivity index (χ0n) is 16.9. The van der Waals surface area contributed by atoms with E-state index in [0.29, 0.717) is 27.4 Å². The number of carbonyl (C=O) groups excluding carboxylic acids is 1. The molecule has 2 atom stereocenters. The van der Waals surface area contributed by atoms with Crippen molar-refractivity contribution in [2.45, 2.75) is 16.6 Å². The molecule has 6 N–H and O–H groups in total. The fraction of sp³-hybridized carbons (Fsp3) is 0.0870. The van der Waals surface area contributed by atoms with Crippen molar-refractivity contribution in [3.05, 3.63) is 90.0 Å². The molecule has 0 aliphatic carbocycles. The maximum Gasteiger partial charge on any atom is 0.308 e. The Bertz CT molecular complexity index is 1090.